The number of unbranched alkanes of at least 4 members (excludes halogenated alkanes) is 1. The van der Waals surface area contributed by atoms with E-state index in [0.717, 1.165) is 25.7 Å². The Hall–Kier alpha value is -0.530. The molecule has 0 saturated carbocycles. The smallest absolute Gasteiger partial charge is 0.309 e. The molecule has 1 aliphatic heterocycles. The van der Waals surface area contributed by atoms with Crippen LogP contribution < -0.4 is 0 Å². The lowest BCUT2D eigenvalue weighted by Crippen LogP contribution is -2.06. The largest absolute Gasteiger partial charge is 0.462 e. The topological polar surface area (TPSA) is 26.3 Å². The van der Waals surface area contributed by atoms with Gasteiger partial charge >= 0.3 is 5.97 Å². The molecule has 0 aromatic rings. The van der Waals surface area contributed by atoms with Crippen LogP contribution in [0.1, 0.15) is 39.5 Å². The van der Waals surface area contributed by atoms with E-state index in [4.69, 9.17) is 4.74 Å². The molecule has 0 spiro atoms. The summed E-state index contributed by atoms with van der Waals surface area (Å²) in [6.07, 6.45) is 4.41. The van der Waals surface area contributed by atoms with Gasteiger partial charge in [0.25, 0.3) is 0 Å². The average Bonchev–Trinajstić information content (AvgIpc) is 2.26. The molecule has 0 aromatic carbocycles. The predicted octanol–water partition coefficient (Wildman–Crippen LogP) is 2.13. The second-order valence-corrected chi connectivity index (χ2v) is 3.32. The second kappa shape index (κ2) is 3.74. The normalized spacial score (nSPS) is 30.5. The van der Waals surface area contributed by atoms with E-state index < -0.39 is 0 Å². The number of esters is 1. The quantitative estimate of drug-likeness (QED) is 0.585. The molecule has 0 aliphatic carbocycles. The summed E-state index contributed by atoms with van der Waals surface area (Å²) in [7, 11) is 0. The van der Waals surface area contributed by atoms with Crippen LogP contribution in [0.15, 0.2) is 0 Å². The van der Waals surface area contributed by atoms with Crippen molar-refractivity contribution in [3.05, 3.63) is 0 Å². The summed E-state index contributed by atoms with van der Waals surface area (Å²) in [5.74, 6) is 0.218. The first-order chi connectivity index (χ1) is 5.24. The molecule has 1 saturated heterocycles. The van der Waals surface area contributed by atoms with Gasteiger partial charge in [0.05, 0.1) is 12.0 Å². The summed E-state index contributed by atoms with van der Waals surface area (Å²) in [6.45, 7) is 4.10. The Morgan fingerprint density at radius 2 is 2.36 bits per heavy atom. The lowest BCUT2D eigenvalue weighted by Gasteiger charge is -2.01. The molecular weight excluding hydrogens is 140 g/mol. The molecule has 1 heterocycles. The third-order valence-corrected chi connectivity index (χ3v) is 2.17. The van der Waals surface area contributed by atoms with Crippen LogP contribution in [0.4, 0.5) is 0 Å². The lowest BCUT2D eigenvalue weighted by atomic mass is 9.99. The van der Waals surface area contributed by atoms with Crippen molar-refractivity contribution < 1.29 is 9.53 Å². The van der Waals surface area contributed by atoms with Crippen LogP contribution in [0.2, 0.25) is 0 Å². The van der Waals surface area contributed by atoms with Crippen molar-refractivity contribution in [1.29, 1.82) is 0 Å². The molecule has 1 fully saturated rings. The molecule has 1 rings (SSSR count). The van der Waals surface area contributed by atoms with Crippen LogP contribution in [-0.4, -0.2) is 12.1 Å². The number of rotatable bonds is 3. The van der Waals surface area contributed by atoms with Gasteiger partial charge in [-0.2, -0.15) is 0 Å². The molecule has 2 nitrogen and oxygen atoms in total. The molecule has 2 atom stereocenters. The highest BCUT2D eigenvalue weighted by atomic mass is 16.5. The molecule has 2 heteroatoms. The van der Waals surface area contributed by atoms with Gasteiger partial charge in [-0.05, 0) is 19.8 Å². The summed E-state index contributed by atoms with van der Waals surface area (Å²) in [5, 5.41) is 0. The maximum absolute atomic E-state index is 11.1. The van der Waals surface area contributed by atoms with Crippen molar-refractivity contribution in [2.45, 2.75) is 45.6 Å². The van der Waals surface area contributed by atoms with Crippen LogP contribution in [0, 0.1) is 5.92 Å². The van der Waals surface area contributed by atoms with E-state index >= 15 is 0 Å². The number of hydrogen-bond donors (Lipinski definition) is 0. The first kappa shape index (κ1) is 8.57. The van der Waals surface area contributed by atoms with Crippen LogP contribution >= 0.6 is 0 Å². The SMILES string of the molecule is CCCCC1CC(C)OC1=O. The zero-order valence-electron chi connectivity index (χ0n) is 7.30. The first-order valence-electron chi connectivity index (χ1n) is 4.44. The van der Waals surface area contributed by atoms with E-state index in [1.807, 2.05) is 6.92 Å². The van der Waals surface area contributed by atoms with E-state index in [0.29, 0.717) is 0 Å². The van der Waals surface area contributed by atoms with Crippen LogP contribution in [0.5, 0.6) is 0 Å². The van der Waals surface area contributed by atoms with Gasteiger partial charge in [-0.1, -0.05) is 19.8 Å². The number of ether oxygens (including phenoxy) is 1. The molecule has 0 aromatic heterocycles. The average molecular weight is 156 g/mol. The van der Waals surface area contributed by atoms with Gasteiger partial charge in [-0.15, -0.1) is 0 Å². The van der Waals surface area contributed by atoms with Gasteiger partial charge in [-0.3, -0.25) is 4.79 Å². The molecular formula is C9H16O2. The van der Waals surface area contributed by atoms with E-state index in [2.05, 4.69) is 6.92 Å². The van der Waals surface area contributed by atoms with Crippen LogP contribution in [-0.2, 0) is 9.53 Å². The Labute approximate surface area is 67.9 Å². The van der Waals surface area contributed by atoms with Crippen molar-refractivity contribution in [1.82, 2.24) is 0 Å². The Morgan fingerprint density at radius 1 is 1.64 bits per heavy atom. The number of cyclic esters (lactones) is 1. The van der Waals surface area contributed by atoms with E-state index in [1.165, 1.54) is 0 Å². The Balaban J connectivity index is 2.29. The molecule has 0 amide bonds. The Bertz CT molecular complexity index is 142. The highest BCUT2D eigenvalue weighted by Crippen LogP contribution is 2.25. The summed E-state index contributed by atoms with van der Waals surface area (Å²) in [5.41, 5.74) is 0. The minimum absolute atomic E-state index is 0.0194. The maximum Gasteiger partial charge on any atom is 0.309 e. The van der Waals surface area contributed by atoms with Gasteiger partial charge in [0, 0.05) is 0 Å². The summed E-state index contributed by atoms with van der Waals surface area (Å²) >= 11 is 0. The molecule has 11 heavy (non-hydrogen) atoms. The van der Waals surface area contributed by atoms with Crippen molar-refractivity contribution in [2.24, 2.45) is 5.92 Å². The minimum Gasteiger partial charge on any atom is -0.462 e. The van der Waals surface area contributed by atoms with Crippen molar-refractivity contribution >= 4 is 5.97 Å². The fraction of sp³-hybridized carbons (Fsp3) is 0.889. The molecule has 0 N–H and O–H groups in total. The summed E-state index contributed by atoms with van der Waals surface area (Å²) < 4.78 is 5.03. The number of carbonyl (C=O) groups excluding carboxylic acids is 1. The molecule has 1 aliphatic rings. The third kappa shape index (κ3) is 2.21. The fourth-order valence-corrected chi connectivity index (χ4v) is 1.53. The number of hydrogen-bond acceptors (Lipinski definition) is 2. The Kier molecular flexibility index (Phi) is 2.92. The fourth-order valence-electron chi connectivity index (χ4n) is 1.53. The van der Waals surface area contributed by atoms with Crippen LogP contribution in [0.3, 0.4) is 0 Å². The molecule has 0 radical (unpaired) electrons. The second-order valence-electron chi connectivity index (χ2n) is 3.32. The zero-order valence-corrected chi connectivity index (χ0v) is 7.30. The van der Waals surface area contributed by atoms with Gasteiger partial charge in [0.15, 0.2) is 0 Å². The van der Waals surface area contributed by atoms with Gasteiger partial charge in [0.2, 0.25) is 0 Å². The summed E-state index contributed by atoms with van der Waals surface area (Å²) in [6, 6.07) is 0. The predicted molar refractivity (Wildman–Crippen MR) is 43.2 cm³/mol. The lowest BCUT2D eigenvalue weighted by molar-refractivity contribution is -0.143. The first-order valence-corrected chi connectivity index (χ1v) is 4.44. The highest BCUT2D eigenvalue weighted by molar-refractivity contribution is 5.74. The monoisotopic (exact) mass is 156 g/mol. The van der Waals surface area contributed by atoms with E-state index in [9.17, 15) is 4.79 Å². The van der Waals surface area contributed by atoms with Gasteiger partial charge in [0.1, 0.15) is 0 Å². The highest BCUT2D eigenvalue weighted by Gasteiger charge is 2.30. The zero-order chi connectivity index (χ0) is 8.27. The Morgan fingerprint density at radius 3 is 2.82 bits per heavy atom. The summed E-state index contributed by atoms with van der Waals surface area (Å²) in [4.78, 5) is 11.1. The van der Waals surface area contributed by atoms with Crippen molar-refractivity contribution in [3.8, 4) is 0 Å². The van der Waals surface area contributed by atoms with Gasteiger partial charge < -0.3 is 4.74 Å². The third-order valence-electron chi connectivity index (χ3n) is 2.17. The molecule has 64 valence electrons. The van der Waals surface area contributed by atoms with Crippen molar-refractivity contribution in [2.75, 3.05) is 0 Å². The number of carbonyl (C=O) groups is 1. The minimum atomic E-state index is 0.0194. The maximum atomic E-state index is 11.1. The van der Waals surface area contributed by atoms with E-state index in [1.54, 1.807) is 0 Å². The van der Waals surface area contributed by atoms with Crippen molar-refractivity contribution in [3.63, 3.8) is 0 Å². The molecule has 2 unspecified atom stereocenters. The van der Waals surface area contributed by atoms with Gasteiger partial charge in [-0.25, -0.2) is 0 Å². The standard InChI is InChI=1S/C9H16O2/c1-3-4-5-8-6-7(2)11-9(8)10/h7-8H,3-6H2,1-2H3. The van der Waals surface area contributed by atoms with Crippen LogP contribution in [0.25, 0.3) is 0 Å². The van der Waals surface area contributed by atoms with E-state index in [-0.39, 0.29) is 18.0 Å². The molecule has 0 bridgehead atoms.